The van der Waals surface area contributed by atoms with Gasteiger partial charge in [-0.25, -0.2) is 8.42 Å². The van der Waals surface area contributed by atoms with Gasteiger partial charge in [-0.3, -0.25) is 4.79 Å². The highest BCUT2D eigenvalue weighted by molar-refractivity contribution is 7.89. The maximum Gasteiger partial charge on any atom is 0.243 e. The molecule has 2 N–H and O–H groups in total. The minimum atomic E-state index is -3.60. The van der Waals surface area contributed by atoms with Crippen LogP contribution in [0.5, 0.6) is 0 Å². The molecule has 1 fully saturated rings. The number of carbonyl (C=O) groups excluding carboxylic acids is 1. The zero-order valence-corrected chi connectivity index (χ0v) is 17.6. The number of ether oxygens (including phenoxy) is 1. The maximum absolute atomic E-state index is 13.0. The van der Waals surface area contributed by atoms with Crippen LogP contribution in [0.2, 0.25) is 0 Å². The van der Waals surface area contributed by atoms with Crippen LogP contribution in [0.4, 0.5) is 11.4 Å². The summed E-state index contributed by atoms with van der Waals surface area (Å²) in [6.07, 6.45) is 0.895. The third-order valence-electron chi connectivity index (χ3n) is 4.85. The Kier molecular flexibility index (Phi) is 6.89. The van der Waals surface area contributed by atoms with Crippen molar-refractivity contribution < 1.29 is 17.9 Å². The molecule has 1 heterocycles. The summed E-state index contributed by atoms with van der Waals surface area (Å²) in [5.41, 5.74) is 3.14. The SMILES string of the molecule is CCc1cccc(NC(=O)CNc2ccc(C)c(S(=O)(=O)N3CCOCC3)c2)c1. The number of nitrogens with zero attached hydrogens (tertiary/aromatic N) is 1. The van der Waals surface area contributed by atoms with E-state index in [1.54, 1.807) is 25.1 Å². The molecule has 0 bridgehead atoms. The first-order valence-electron chi connectivity index (χ1n) is 9.71. The van der Waals surface area contributed by atoms with Gasteiger partial charge in [-0.05, 0) is 48.7 Å². The predicted molar refractivity (Wildman–Crippen MR) is 114 cm³/mol. The molecule has 7 nitrogen and oxygen atoms in total. The lowest BCUT2D eigenvalue weighted by Crippen LogP contribution is -2.40. The molecule has 1 amide bonds. The molecular formula is C21H27N3O4S. The Bertz CT molecular complexity index is 970. The molecule has 2 aromatic carbocycles. The summed E-state index contributed by atoms with van der Waals surface area (Å²) in [5.74, 6) is -0.198. The standard InChI is InChI=1S/C21H27N3O4S/c1-3-17-5-4-6-19(13-17)23-21(25)15-22-18-8-7-16(2)20(14-18)29(26,27)24-9-11-28-12-10-24/h4-8,13-14,22H,3,9-12,15H2,1-2H3,(H,23,25). The van der Waals surface area contributed by atoms with E-state index in [0.29, 0.717) is 37.6 Å². The van der Waals surface area contributed by atoms with Crippen LogP contribution in [0.1, 0.15) is 18.1 Å². The van der Waals surface area contributed by atoms with Gasteiger partial charge in [0.25, 0.3) is 0 Å². The normalized spacial score (nSPS) is 15.1. The van der Waals surface area contributed by atoms with Gasteiger partial charge in [0.05, 0.1) is 24.7 Å². The van der Waals surface area contributed by atoms with E-state index in [1.165, 1.54) is 4.31 Å². The van der Waals surface area contributed by atoms with E-state index in [9.17, 15) is 13.2 Å². The quantitative estimate of drug-likeness (QED) is 0.723. The smallest absolute Gasteiger partial charge is 0.243 e. The number of benzene rings is 2. The third kappa shape index (κ3) is 5.35. The average Bonchev–Trinajstić information content (AvgIpc) is 2.73. The first kappa shape index (κ1) is 21.3. The van der Waals surface area contributed by atoms with Crippen molar-refractivity contribution in [3.05, 3.63) is 53.6 Å². The van der Waals surface area contributed by atoms with Crippen molar-refractivity contribution in [2.75, 3.05) is 43.5 Å². The summed E-state index contributed by atoms with van der Waals surface area (Å²) in [4.78, 5) is 12.5. The highest BCUT2D eigenvalue weighted by atomic mass is 32.2. The van der Waals surface area contributed by atoms with E-state index >= 15 is 0 Å². The monoisotopic (exact) mass is 417 g/mol. The van der Waals surface area contributed by atoms with Crippen LogP contribution in [-0.2, 0) is 26.0 Å². The van der Waals surface area contributed by atoms with E-state index in [0.717, 1.165) is 17.7 Å². The third-order valence-corrected chi connectivity index (χ3v) is 6.89. The lowest BCUT2D eigenvalue weighted by molar-refractivity contribution is -0.114. The van der Waals surface area contributed by atoms with Gasteiger partial charge < -0.3 is 15.4 Å². The van der Waals surface area contributed by atoms with Crippen LogP contribution in [0.15, 0.2) is 47.4 Å². The molecule has 0 aliphatic carbocycles. The van der Waals surface area contributed by atoms with Gasteiger partial charge in [-0.2, -0.15) is 4.31 Å². The molecule has 0 atom stereocenters. The van der Waals surface area contributed by atoms with E-state index in [2.05, 4.69) is 17.6 Å². The van der Waals surface area contributed by atoms with Crippen molar-refractivity contribution in [3.8, 4) is 0 Å². The minimum Gasteiger partial charge on any atom is -0.379 e. The predicted octanol–water partition coefficient (Wildman–Crippen LogP) is 2.63. The van der Waals surface area contributed by atoms with E-state index < -0.39 is 10.0 Å². The summed E-state index contributed by atoms with van der Waals surface area (Å²) >= 11 is 0. The molecule has 156 valence electrons. The van der Waals surface area contributed by atoms with Gasteiger partial charge in [0.15, 0.2) is 0 Å². The molecule has 1 aliphatic rings. The van der Waals surface area contributed by atoms with E-state index in [-0.39, 0.29) is 17.3 Å². The topological polar surface area (TPSA) is 87.7 Å². The number of aryl methyl sites for hydroxylation is 2. The Morgan fingerprint density at radius 3 is 2.59 bits per heavy atom. The molecule has 0 saturated carbocycles. The number of sulfonamides is 1. The largest absolute Gasteiger partial charge is 0.379 e. The second kappa shape index (κ2) is 9.39. The van der Waals surface area contributed by atoms with Gasteiger partial charge in [0, 0.05) is 24.5 Å². The molecule has 0 unspecified atom stereocenters. The molecule has 3 rings (SSSR count). The Hall–Kier alpha value is -2.42. The lowest BCUT2D eigenvalue weighted by atomic mass is 10.1. The van der Waals surface area contributed by atoms with Gasteiger partial charge in [0.2, 0.25) is 15.9 Å². The zero-order valence-electron chi connectivity index (χ0n) is 16.8. The van der Waals surface area contributed by atoms with Crippen molar-refractivity contribution in [2.45, 2.75) is 25.2 Å². The summed E-state index contributed by atoms with van der Waals surface area (Å²) in [5, 5.41) is 5.87. The average molecular weight is 418 g/mol. The minimum absolute atomic E-state index is 0.0382. The molecule has 29 heavy (non-hydrogen) atoms. The molecule has 1 aliphatic heterocycles. The summed E-state index contributed by atoms with van der Waals surface area (Å²) < 4.78 is 32.6. The molecule has 0 radical (unpaired) electrons. The molecule has 1 saturated heterocycles. The van der Waals surface area contributed by atoms with Crippen molar-refractivity contribution in [1.29, 1.82) is 0 Å². The number of carbonyl (C=O) groups is 1. The summed E-state index contributed by atoms with van der Waals surface area (Å²) in [6.45, 7) is 5.35. The van der Waals surface area contributed by atoms with Crippen molar-refractivity contribution in [1.82, 2.24) is 4.31 Å². The van der Waals surface area contributed by atoms with E-state index in [1.807, 2.05) is 24.3 Å². The molecule has 8 heteroatoms. The van der Waals surface area contributed by atoms with E-state index in [4.69, 9.17) is 4.74 Å². The Morgan fingerprint density at radius 1 is 1.10 bits per heavy atom. The fourth-order valence-electron chi connectivity index (χ4n) is 3.17. The van der Waals surface area contributed by atoms with Crippen molar-refractivity contribution in [3.63, 3.8) is 0 Å². The van der Waals surface area contributed by atoms with Crippen LogP contribution in [0, 0.1) is 6.92 Å². The van der Waals surface area contributed by atoms with Gasteiger partial charge >= 0.3 is 0 Å². The molecule has 0 aromatic heterocycles. The van der Waals surface area contributed by atoms with Crippen LogP contribution in [0.25, 0.3) is 0 Å². The Balaban J connectivity index is 1.67. The number of amides is 1. The Labute approximate surface area is 172 Å². The van der Waals surface area contributed by atoms with Crippen LogP contribution in [0.3, 0.4) is 0 Å². The highest BCUT2D eigenvalue weighted by Crippen LogP contribution is 2.24. The highest BCUT2D eigenvalue weighted by Gasteiger charge is 2.27. The fourth-order valence-corrected chi connectivity index (χ4v) is 4.83. The van der Waals surface area contributed by atoms with Crippen LogP contribution >= 0.6 is 0 Å². The second-order valence-corrected chi connectivity index (χ2v) is 8.86. The van der Waals surface area contributed by atoms with Crippen LogP contribution < -0.4 is 10.6 Å². The molecule has 2 aromatic rings. The van der Waals surface area contributed by atoms with Crippen molar-refractivity contribution in [2.24, 2.45) is 0 Å². The number of hydrogen-bond donors (Lipinski definition) is 2. The number of rotatable bonds is 7. The summed E-state index contributed by atoms with van der Waals surface area (Å²) in [6, 6.07) is 12.8. The zero-order chi connectivity index (χ0) is 20.9. The Morgan fingerprint density at radius 2 is 1.86 bits per heavy atom. The van der Waals surface area contributed by atoms with Crippen LogP contribution in [-0.4, -0.2) is 51.5 Å². The van der Waals surface area contributed by atoms with Gasteiger partial charge in [-0.1, -0.05) is 25.1 Å². The number of morpholine rings is 1. The first-order chi connectivity index (χ1) is 13.9. The molecule has 0 spiro atoms. The summed E-state index contributed by atoms with van der Waals surface area (Å²) in [7, 11) is -3.60. The second-order valence-electron chi connectivity index (χ2n) is 6.95. The maximum atomic E-state index is 13.0. The number of anilines is 2. The van der Waals surface area contributed by atoms with Gasteiger partial charge in [-0.15, -0.1) is 0 Å². The van der Waals surface area contributed by atoms with Gasteiger partial charge in [0.1, 0.15) is 0 Å². The molecular weight excluding hydrogens is 390 g/mol. The lowest BCUT2D eigenvalue weighted by Gasteiger charge is -2.27. The number of nitrogens with one attached hydrogen (secondary N) is 2. The fraction of sp³-hybridized carbons (Fsp3) is 0.381. The first-order valence-corrected chi connectivity index (χ1v) is 11.2. The van der Waals surface area contributed by atoms with Crippen molar-refractivity contribution >= 4 is 27.3 Å². The number of hydrogen-bond acceptors (Lipinski definition) is 5.